The lowest BCUT2D eigenvalue weighted by Crippen LogP contribution is -2.00. The van der Waals surface area contributed by atoms with E-state index in [1.54, 1.807) is 0 Å². The third kappa shape index (κ3) is 1.95. The van der Waals surface area contributed by atoms with Crippen molar-refractivity contribution in [3.05, 3.63) is 101 Å². The summed E-state index contributed by atoms with van der Waals surface area (Å²) in [5.74, 6) is 1.93. The van der Waals surface area contributed by atoms with Gasteiger partial charge in [-0.3, -0.25) is 0 Å². The highest BCUT2D eigenvalue weighted by molar-refractivity contribution is 5.86. The fourth-order valence-corrected chi connectivity index (χ4v) is 3.36. The van der Waals surface area contributed by atoms with E-state index in [1.807, 2.05) is 0 Å². The summed E-state index contributed by atoms with van der Waals surface area (Å²) in [6.45, 7) is 4.48. The fourth-order valence-electron chi connectivity index (χ4n) is 3.36. The van der Waals surface area contributed by atoms with E-state index in [1.165, 1.54) is 39.3 Å². The number of fused-ring (bicyclic) bond motifs is 3. The molecule has 0 unspecified atom stereocenters. The Morgan fingerprint density at radius 2 is 1.14 bits per heavy atom. The van der Waals surface area contributed by atoms with Crippen LogP contribution in [-0.2, 0) is 0 Å². The van der Waals surface area contributed by atoms with Crippen LogP contribution in [0.3, 0.4) is 0 Å². The zero-order chi connectivity index (χ0) is 15.1. The van der Waals surface area contributed by atoms with E-state index in [4.69, 9.17) is 0 Å². The van der Waals surface area contributed by atoms with Gasteiger partial charge in [-0.2, -0.15) is 0 Å². The van der Waals surface area contributed by atoms with Gasteiger partial charge in [0.15, 0.2) is 0 Å². The van der Waals surface area contributed by atoms with Gasteiger partial charge in [0.2, 0.25) is 0 Å². The SMILES string of the molecule is CC(C)c1ccc([C+]2c3ccccc3-c3ccccc32)cc1. The molecule has 0 saturated heterocycles. The first kappa shape index (κ1) is 13.2. The van der Waals surface area contributed by atoms with Gasteiger partial charge in [0.05, 0.1) is 33.7 Å². The third-order valence-electron chi connectivity index (χ3n) is 4.55. The number of hydrogen-bond acceptors (Lipinski definition) is 0. The average molecular weight is 283 g/mol. The Bertz CT molecular complexity index is 764. The van der Waals surface area contributed by atoms with E-state index >= 15 is 0 Å². The molecule has 4 rings (SSSR count). The van der Waals surface area contributed by atoms with Crippen molar-refractivity contribution in [2.75, 3.05) is 0 Å². The summed E-state index contributed by atoms with van der Waals surface area (Å²) in [4.78, 5) is 0. The predicted molar refractivity (Wildman–Crippen MR) is 93.0 cm³/mol. The summed E-state index contributed by atoms with van der Waals surface area (Å²) >= 11 is 0. The standard InChI is InChI=1S/C22H19/c1-15(2)16-11-13-17(14-12-16)22-20-9-5-3-7-18(20)19-8-4-6-10-21(19)22/h3-15H,1-2H3/q+1. The number of hydrogen-bond donors (Lipinski definition) is 0. The van der Waals surface area contributed by atoms with Crippen LogP contribution in [0.15, 0.2) is 72.8 Å². The van der Waals surface area contributed by atoms with Gasteiger partial charge >= 0.3 is 0 Å². The van der Waals surface area contributed by atoms with Crippen LogP contribution >= 0.6 is 0 Å². The molecule has 22 heavy (non-hydrogen) atoms. The van der Waals surface area contributed by atoms with Crippen molar-refractivity contribution < 1.29 is 0 Å². The Balaban J connectivity index is 1.88. The molecule has 0 heteroatoms. The smallest absolute Gasteiger partial charge is 0.0586 e. The molecule has 106 valence electrons. The lowest BCUT2D eigenvalue weighted by Gasteiger charge is -2.10. The molecule has 0 nitrogen and oxygen atoms in total. The first-order chi connectivity index (χ1) is 10.8. The average Bonchev–Trinajstić information content (AvgIpc) is 2.89. The van der Waals surface area contributed by atoms with E-state index in [0.717, 1.165) is 0 Å². The highest BCUT2D eigenvalue weighted by atomic mass is 14.3. The maximum Gasteiger partial charge on any atom is 0.0674 e. The lowest BCUT2D eigenvalue weighted by atomic mass is 9.88. The summed E-state index contributed by atoms with van der Waals surface area (Å²) in [6, 6.07) is 26.5. The summed E-state index contributed by atoms with van der Waals surface area (Å²) in [5.41, 5.74) is 8.09. The molecule has 0 heterocycles. The van der Waals surface area contributed by atoms with E-state index in [-0.39, 0.29) is 0 Å². The van der Waals surface area contributed by atoms with Gasteiger partial charge in [0.25, 0.3) is 0 Å². The third-order valence-corrected chi connectivity index (χ3v) is 4.55. The monoisotopic (exact) mass is 283 g/mol. The Morgan fingerprint density at radius 1 is 0.636 bits per heavy atom. The second kappa shape index (κ2) is 5.06. The van der Waals surface area contributed by atoms with Crippen LogP contribution in [0.5, 0.6) is 0 Å². The Kier molecular flexibility index (Phi) is 3.04. The molecule has 0 spiro atoms. The topological polar surface area (TPSA) is 0 Å². The molecule has 0 N–H and O–H groups in total. The normalized spacial score (nSPS) is 12.4. The first-order valence-corrected chi connectivity index (χ1v) is 7.92. The van der Waals surface area contributed by atoms with Crippen LogP contribution in [0.2, 0.25) is 0 Å². The van der Waals surface area contributed by atoms with E-state index in [0.29, 0.717) is 5.92 Å². The van der Waals surface area contributed by atoms with Crippen LogP contribution < -0.4 is 0 Å². The largest absolute Gasteiger partial charge is 0.0674 e. The molecule has 0 atom stereocenters. The van der Waals surface area contributed by atoms with Gasteiger partial charge in [0.1, 0.15) is 0 Å². The van der Waals surface area contributed by atoms with E-state index in [9.17, 15) is 0 Å². The van der Waals surface area contributed by atoms with Crippen LogP contribution in [0.25, 0.3) is 11.1 Å². The van der Waals surface area contributed by atoms with Crippen molar-refractivity contribution in [1.29, 1.82) is 0 Å². The highest BCUT2D eigenvalue weighted by Crippen LogP contribution is 2.46. The summed E-state index contributed by atoms with van der Waals surface area (Å²) in [7, 11) is 0. The van der Waals surface area contributed by atoms with Gasteiger partial charge in [-0.25, -0.2) is 0 Å². The van der Waals surface area contributed by atoms with Crippen molar-refractivity contribution in [3.63, 3.8) is 0 Å². The van der Waals surface area contributed by atoms with Crippen LogP contribution in [0.1, 0.15) is 42.0 Å². The quantitative estimate of drug-likeness (QED) is 0.407. The summed E-state index contributed by atoms with van der Waals surface area (Å²) in [6.07, 6.45) is 0. The molecule has 1 aliphatic carbocycles. The predicted octanol–water partition coefficient (Wildman–Crippen LogP) is 5.81. The Morgan fingerprint density at radius 3 is 1.64 bits per heavy atom. The Hall–Kier alpha value is -2.47. The molecule has 1 aliphatic rings. The molecule has 0 fully saturated rings. The first-order valence-electron chi connectivity index (χ1n) is 7.92. The minimum atomic E-state index is 0.571. The molecule has 3 aromatic rings. The molecule has 0 aromatic heterocycles. The minimum absolute atomic E-state index is 0.571. The van der Waals surface area contributed by atoms with Crippen LogP contribution in [0.4, 0.5) is 0 Å². The fraction of sp³-hybridized carbons (Fsp3) is 0.136. The van der Waals surface area contributed by atoms with E-state index in [2.05, 4.69) is 86.6 Å². The molecule has 3 aromatic carbocycles. The van der Waals surface area contributed by atoms with Gasteiger partial charge < -0.3 is 0 Å². The molecular weight excluding hydrogens is 264 g/mol. The second-order valence-corrected chi connectivity index (χ2v) is 6.24. The van der Waals surface area contributed by atoms with Crippen molar-refractivity contribution >= 4 is 0 Å². The molecular formula is C22H19+. The maximum absolute atomic E-state index is 2.27. The minimum Gasteiger partial charge on any atom is -0.0586 e. The Labute approximate surface area is 132 Å². The summed E-state index contributed by atoms with van der Waals surface area (Å²) in [5, 5.41) is 0. The molecule has 0 saturated carbocycles. The van der Waals surface area contributed by atoms with Crippen molar-refractivity contribution in [2.24, 2.45) is 0 Å². The van der Waals surface area contributed by atoms with Crippen LogP contribution in [-0.4, -0.2) is 0 Å². The zero-order valence-corrected chi connectivity index (χ0v) is 13.0. The van der Waals surface area contributed by atoms with Gasteiger partial charge in [-0.05, 0) is 84.3 Å². The van der Waals surface area contributed by atoms with Crippen molar-refractivity contribution in [1.82, 2.24) is 0 Å². The van der Waals surface area contributed by atoms with Gasteiger partial charge in [-0.1, -0.05) is 13.8 Å². The van der Waals surface area contributed by atoms with Gasteiger partial charge in [-0.15, -0.1) is 0 Å². The maximum atomic E-state index is 2.27. The van der Waals surface area contributed by atoms with Crippen molar-refractivity contribution in [2.45, 2.75) is 19.8 Å². The lowest BCUT2D eigenvalue weighted by molar-refractivity contribution is 0.866. The van der Waals surface area contributed by atoms with Crippen LogP contribution in [0, 0.1) is 5.92 Å². The summed E-state index contributed by atoms with van der Waals surface area (Å²) < 4.78 is 0. The molecule has 0 aliphatic heterocycles. The second-order valence-electron chi connectivity index (χ2n) is 6.24. The molecule has 0 bridgehead atoms. The molecule has 0 amide bonds. The van der Waals surface area contributed by atoms with Gasteiger partial charge in [0, 0.05) is 0 Å². The highest BCUT2D eigenvalue weighted by Gasteiger charge is 2.35. The number of benzene rings is 3. The zero-order valence-electron chi connectivity index (χ0n) is 13.0. The van der Waals surface area contributed by atoms with E-state index < -0.39 is 0 Å². The molecule has 0 radical (unpaired) electrons. The number of rotatable bonds is 2. The van der Waals surface area contributed by atoms with Crippen molar-refractivity contribution in [3.8, 4) is 11.1 Å².